The molecule has 168 valence electrons. The number of hydrogen-bond acceptors (Lipinski definition) is 4. The number of amides is 1. The number of carbonyl (C=O) groups excluding carboxylic acids is 1. The lowest BCUT2D eigenvalue weighted by Crippen LogP contribution is -2.42. The number of thiophene rings is 1. The van der Waals surface area contributed by atoms with Crippen LogP contribution < -0.4 is 10.2 Å². The number of benzene rings is 2. The van der Waals surface area contributed by atoms with Crippen molar-refractivity contribution in [3.8, 4) is 11.1 Å². The zero-order chi connectivity index (χ0) is 22.5. The van der Waals surface area contributed by atoms with Crippen molar-refractivity contribution in [1.82, 2.24) is 10.2 Å². The van der Waals surface area contributed by atoms with E-state index in [-0.39, 0.29) is 11.9 Å². The number of carbonyl (C=O) groups is 1. The molecule has 0 bridgehead atoms. The number of rotatable bonds is 6. The molecule has 4 nitrogen and oxygen atoms in total. The standard InChI is InChI=1S/C26H30ClN3OS/c1-29(2)22-12-10-19(11-13-22)16-30-14-6-5-7-21(17-30)28-26(31)25-15-20(18-32-25)23-8-3-4-9-24(23)27/h3-4,8-13,15,18,21H,5-7,14,16-17H2,1-2H3,(H,28,31). The maximum Gasteiger partial charge on any atom is 0.261 e. The van der Waals surface area contributed by atoms with E-state index in [0.29, 0.717) is 5.02 Å². The largest absolute Gasteiger partial charge is 0.378 e. The molecule has 1 aromatic heterocycles. The van der Waals surface area contributed by atoms with E-state index in [4.69, 9.17) is 11.6 Å². The second-order valence-corrected chi connectivity index (χ2v) is 9.96. The van der Waals surface area contributed by atoms with E-state index < -0.39 is 0 Å². The monoisotopic (exact) mass is 467 g/mol. The molecule has 1 amide bonds. The Morgan fingerprint density at radius 2 is 1.94 bits per heavy atom. The van der Waals surface area contributed by atoms with Crippen LogP contribution in [0.1, 0.15) is 34.5 Å². The first-order valence-corrected chi connectivity index (χ1v) is 12.4. The number of anilines is 1. The van der Waals surface area contributed by atoms with E-state index in [1.807, 2.05) is 35.7 Å². The summed E-state index contributed by atoms with van der Waals surface area (Å²) in [5.74, 6) is 0.00971. The Morgan fingerprint density at radius 1 is 1.16 bits per heavy atom. The molecule has 1 fully saturated rings. The molecule has 32 heavy (non-hydrogen) atoms. The second-order valence-electron chi connectivity index (χ2n) is 8.64. The highest BCUT2D eigenvalue weighted by molar-refractivity contribution is 7.12. The molecule has 0 radical (unpaired) electrons. The van der Waals surface area contributed by atoms with Gasteiger partial charge in [0.2, 0.25) is 0 Å². The van der Waals surface area contributed by atoms with Gasteiger partial charge in [0.1, 0.15) is 0 Å². The van der Waals surface area contributed by atoms with E-state index in [9.17, 15) is 4.79 Å². The summed E-state index contributed by atoms with van der Waals surface area (Å²) in [6.07, 6.45) is 3.32. The lowest BCUT2D eigenvalue weighted by molar-refractivity contribution is 0.0929. The molecule has 3 aromatic rings. The number of hydrogen-bond donors (Lipinski definition) is 1. The second kappa shape index (κ2) is 10.5. The first-order valence-electron chi connectivity index (χ1n) is 11.1. The average molecular weight is 468 g/mol. The lowest BCUT2D eigenvalue weighted by atomic mass is 10.1. The van der Waals surface area contributed by atoms with Crippen molar-refractivity contribution in [3.05, 3.63) is 75.4 Å². The van der Waals surface area contributed by atoms with Crippen LogP contribution in [-0.2, 0) is 6.54 Å². The van der Waals surface area contributed by atoms with Gasteiger partial charge in [-0.25, -0.2) is 0 Å². The van der Waals surface area contributed by atoms with Gasteiger partial charge >= 0.3 is 0 Å². The highest BCUT2D eigenvalue weighted by Gasteiger charge is 2.21. The molecule has 4 rings (SSSR count). The zero-order valence-electron chi connectivity index (χ0n) is 18.7. The minimum Gasteiger partial charge on any atom is -0.378 e. The smallest absolute Gasteiger partial charge is 0.261 e. The quantitative estimate of drug-likeness (QED) is 0.488. The van der Waals surface area contributed by atoms with Crippen LogP contribution in [0, 0.1) is 0 Å². The molecule has 1 saturated heterocycles. The van der Waals surface area contributed by atoms with Crippen molar-refractivity contribution >= 4 is 34.5 Å². The summed E-state index contributed by atoms with van der Waals surface area (Å²) < 4.78 is 0. The maximum atomic E-state index is 13.0. The summed E-state index contributed by atoms with van der Waals surface area (Å²) in [5, 5.41) is 6.00. The summed E-state index contributed by atoms with van der Waals surface area (Å²) in [4.78, 5) is 18.3. The van der Waals surface area contributed by atoms with Gasteiger partial charge in [-0.1, -0.05) is 48.4 Å². The van der Waals surface area contributed by atoms with E-state index in [1.54, 1.807) is 0 Å². The lowest BCUT2D eigenvalue weighted by Gasteiger charge is -2.25. The van der Waals surface area contributed by atoms with Crippen molar-refractivity contribution < 1.29 is 4.79 Å². The summed E-state index contributed by atoms with van der Waals surface area (Å²) in [6.45, 7) is 2.86. The molecule has 2 heterocycles. The molecule has 1 N–H and O–H groups in total. The fourth-order valence-electron chi connectivity index (χ4n) is 4.19. The Labute approximate surface area is 199 Å². The summed E-state index contributed by atoms with van der Waals surface area (Å²) in [5.41, 5.74) is 4.48. The van der Waals surface area contributed by atoms with Crippen molar-refractivity contribution in [3.63, 3.8) is 0 Å². The predicted octanol–water partition coefficient (Wildman–Crippen LogP) is 5.92. The average Bonchev–Trinajstić information content (AvgIpc) is 3.17. The van der Waals surface area contributed by atoms with Crippen LogP contribution in [-0.4, -0.2) is 44.0 Å². The van der Waals surface area contributed by atoms with Crippen molar-refractivity contribution in [2.45, 2.75) is 31.8 Å². The minimum atomic E-state index is 0.00971. The first kappa shape index (κ1) is 22.8. The molecule has 1 aliphatic heterocycles. The van der Waals surface area contributed by atoms with Gasteiger partial charge in [-0.15, -0.1) is 11.3 Å². The Hall–Kier alpha value is -2.34. The van der Waals surface area contributed by atoms with Crippen LogP contribution in [0.25, 0.3) is 11.1 Å². The molecule has 6 heteroatoms. The Balaban J connectivity index is 1.38. The fraction of sp³-hybridized carbons (Fsp3) is 0.346. The van der Waals surface area contributed by atoms with Crippen molar-refractivity contribution in [2.24, 2.45) is 0 Å². The highest BCUT2D eigenvalue weighted by atomic mass is 35.5. The first-order chi connectivity index (χ1) is 15.5. The molecule has 0 saturated carbocycles. The third-order valence-electron chi connectivity index (χ3n) is 5.96. The number of nitrogens with one attached hydrogen (secondary N) is 1. The molecule has 2 aromatic carbocycles. The Bertz CT molecular complexity index is 1050. The Morgan fingerprint density at radius 3 is 2.69 bits per heavy atom. The zero-order valence-corrected chi connectivity index (χ0v) is 20.3. The van der Waals surface area contributed by atoms with Crippen LogP contribution >= 0.6 is 22.9 Å². The number of halogens is 1. The van der Waals surface area contributed by atoms with Gasteiger partial charge < -0.3 is 10.2 Å². The topological polar surface area (TPSA) is 35.6 Å². The predicted molar refractivity (Wildman–Crippen MR) is 136 cm³/mol. The van der Waals surface area contributed by atoms with E-state index in [0.717, 1.165) is 54.9 Å². The molecule has 1 aliphatic rings. The van der Waals surface area contributed by atoms with Gasteiger partial charge in [-0.05, 0) is 60.2 Å². The summed E-state index contributed by atoms with van der Waals surface area (Å²) >= 11 is 7.80. The molecular weight excluding hydrogens is 438 g/mol. The van der Waals surface area contributed by atoms with Crippen molar-refractivity contribution in [1.29, 1.82) is 0 Å². The van der Waals surface area contributed by atoms with Gasteiger partial charge in [-0.3, -0.25) is 9.69 Å². The van der Waals surface area contributed by atoms with Crippen molar-refractivity contribution in [2.75, 3.05) is 32.1 Å². The number of likely N-dealkylation sites (tertiary alicyclic amines) is 1. The number of nitrogens with zero attached hydrogens (tertiary/aromatic N) is 2. The summed E-state index contributed by atoms with van der Waals surface area (Å²) in [6, 6.07) is 18.6. The SMILES string of the molecule is CN(C)c1ccc(CN2CCCCC(NC(=O)c3cc(-c4ccccc4Cl)cs3)C2)cc1. The van der Waals surface area contributed by atoms with Gasteiger partial charge in [0.25, 0.3) is 5.91 Å². The summed E-state index contributed by atoms with van der Waals surface area (Å²) in [7, 11) is 4.12. The van der Waals surface area contributed by atoms with E-state index in [1.165, 1.54) is 22.6 Å². The van der Waals surface area contributed by atoms with Gasteiger partial charge in [0.15, 0.2) is 0 Å². The Kier molecular flexibility index (Phi) is 7.51. The van der Waals surface area contributed by atoms with Gasteiger partial charge in [0.05, 0.1) is 4.88 Å². The van der Waals surface area contributed by atoms with Crippen LogP contribution in [0.4, 0.5) is 5.69 Å². The maximum absolute atomic E-state index is 13.0. The molecule has 0 spiro atoms. The third-order valence-corrected chi connectivity index (χ3v) is 7.22. The highest BCUT2D eigenvalue weighted by Crippen LogP contribution is 2.31. The molecule has 1 unspecified atom stereocenters. The third kappa shape index (κ3) is 5.71. The van der Waals surface area contributed by atoms with E-state index in [2.05, 4.69) is 53.5 Å². The van der Waals surface area contributed by atoms with E-state index >= 15 is 0 Å². The van der Waals surface area contributed by atoms with Crippen LogP contribution in [0.5, 0.6) is 0 Å². The van der Waals surface area contributed by atoms with Crippen LogP contribution in [0.2, 0.25) is 5.02 Å². The molecule has 1 atom stereocenters. The normalized spacial score (nSPS) is 17.0. The molecule has 0 aliphatic carbocycles. The van der Waals surface area contributed by atoms with Crippen LogP contribution in [0.15, 0.2) is 60.0 Å². The molecular formula is C26H30ClN3OS. The minimum absolute atomic E-state index is 0.00971. The fourth-order valence-corrected chi connectivity index (χ4v) is 5.24. The van der Waals surface area contributed by atoms with Crippen LogP contribution in [0.3, 0.4) is 0 Å². The van der Waals surface area contributed by atoms with Gasteiger partial charge in [-0.2, -0.15) is 0 Å². The van der Waals surface area contributed by atoms with Gasteiger partial charge in [0, 0.05) is 49.5 Å².